The summed E-state index contributed by atoms with van der Waals surface area (Å²) in [5.41, 5.74) is 0.709. The molecule has 0 atom stereocenters. The summed E-state index contributed by atoms with van der Waals surface area (Å²) >= 11 is 7.51. The molecule has 0 spiro atoms. The molecule has 1 amide bonds. The largest absolute Gasteiger partial charge is 0.289 e. The van der Waals surface area contributed by atoms with Crippen LogP contribution in [-0.4, -0.2) is 33.5 Å². The average molecular weight is 284 g/mol. The maximum Gasteiger partial charge on any atom is 0.270 e. The topological polar surface area (TPSA) is 46.8 Å². The SMILES string of the molecule is O=C(/C=C/c1c(Cl)nc2sccn12)N1CCCO1. The first-order valence-electron chi connectivity index (χ1n) is 5.49. The summed E-state index contributed by atoms with van der Waals surface area (Å²) in [6, 6.07) is 0. The van der Waals surface area contributed by atoms with Crippen LogP contribution in [0.4, 0.5) is 0 Å². The Morgan fingerprint density at radius 3 is 3.28 bits per heavy atom. The summed E-state index contributed by atoms with van der Waals surface area (Å²) < 4.78 is 1.85. The third kappa shape index (κ3) is 2.03. The molecule has 1 fully saturated rings. The summed E-state index contributed by atoms with van der Waals surface area (Å²) in [5, 5.41) is 3.67. The maximum atomic E-state index is 11.8. The summed E-state index contributed by atoms with van der Waals surface area (Å²) in [6.45, 7) is 1.24. The third-order valence-corrected chi connectivity index (χ3v) is 3.67. The highest BCUT2D eigenvalue weighted by atomic mass is 35.5. The van der Waals surface area contributed by atoms with E-state index in [1.165, 1.54) is 22.5 Å². The molecule has 0 saturated carbocycles. The Bertz CT molecular complexity index is 613. The summed E-state index contributed by atoms with van der Waals surface area (Å²) in [5.74, 6) is -0.172. The van der Waals surface area contributed by atoms with Crippen LogP contribution in [0.5, 0.6) is 0 Å². The van der Waals surface area contributed by atoms with E-state index in [4.69, 9.17) is 16.4 Å². The Morgan fingerprint density at radius 2 is 2.50 bits per heavy atom. The van der Waals surface area contributed by atoms with Gasteiger partial charge >= 0.3 is 0 Å². The van der Waals surface area contributed by atoms with Crippen LogP contribution in [0.3, 0.4) is 0 Å². The quantitative estimate of drug-likeness (QED) is 0.794. The zero-order chi connectivity index (χ0) is 12.5. The molecule has 18 heavy (non-hydrogen) atoms. The highest BCUT2D eigenvalue weighted by Gasteiger charge is 2.17. The predicted octanol–water partition coefficient (Wildman–Crippen LogP) is 2.23. The maximum absolute atomic E-state index is 11.8. The van der Waals surface area contributed by atoms with Crippen molar-refractivity contribution in [3.8, 4) is 0 Å². The van der Waals surface area contributed by atoms with Crippen LogP contribution in [-0.2, 0) is 9.63 Å². The van der Waals surface area contributed by atoms with Gasteiger partial charge in [0.2, 0.25) is 0 Å². The van der Waals surface area contributed by atoms with E-state index in [1.807, 2.05) is 16.0 Å². The molecule has 0 N–H and O–H groups in total. The van der Waals surface area contributed by atoms with Gasteiger partial charge in [-0.1, -0.05) is 11.6 Å². The number of imidazole rings is 1. The number of hydrogen-bond acceptors (Lipinski definition) is 4. The fraction of sp³-hybridized carbons (Fsp3) is 0.273. The Morgan fingerprint density at radius 1 is 1.61 bits per heavy atom. The van der Waals surface area contributed by atoms with Crippen LogP contribution in [0.1, 0.15) is 12.1 Å². The molecule has 1 aliphatic rings. The zero-order valence-electron chi connectivity index (χ0n) is 9.38. The standard InChI is InChI=1S/C11H10ClN3O2S/c12-10-8(14-5-7-18-11(14)13-10)2-3-9(16)15-4-1-6-17-15/h2-3,5,7H,1,4,6H2/b3-2+. The van der Waals surface area contributed by atoms with Crippen molar-refractivity contribution in [1.29, 1.82) is 0 Å². The van der Waals surface area contributed by atoms with Crippen LogP contribution in [0, 0.1) is 0 Å². The van der Waals surface area contributed by atoms with Crippen LogP contribution in [0.15, 0.2) is 17.7 Å². The molecule has 5 nitrogen and oxygen atoms in total. The van der Waals surface area contributed by atoms with Gasteiger partial charge in [-0.2, -0.15) is 0 Å². The monoisotopic (exact) mass is 283 g/mol. The molecule has 2 aromatic rings. The molecule has 0 bridgehead atoms. The van der Waals surface area contributed by atoms with Gasteiger partial charge in [0, 0.05) is 17.7 Å². The van der Waals surface area contributed by atoms with Crippen molar-refractivity contribution in [1.82, 2.24) is 14.4 Å². The normalized spacial score (nSPS) is 16.2. The first-order chi connectivity index (χ1) is 8.75. The molecule has 1 aliphatic heterocycles. The van der Waals surface area contributed by atoms with Crippen LogP contribution >= 0.6 is 22.9 Å². The van der Waals surface area contributed by atoms with Gasteiger partial charge in [-0.3, -0.25) is 14.0 Å². The van der Waals surface area contributed by atoms with Gasteiger partial charge in [0.15, 0.2) is 10.1 Å². The molecule has 0 unspecified atom stereocenters. The van der Waals surface area contributed by atoms with Gasteiger partial charge < -0.3 is 0 Å². The van der Waals surface area contributed by atoms with Crippen LogP contribution in [0.25, 0.3) is 11.0 Å². The number of carbonyl (C=O) groups excluding carboxylic acids is 1. The number of carbonyl (C=O) groups is 1. The fourth-order valence-electron chi connectivity index (χ4n) is 1.78. The van der Waals surface area contributed by atoms with Crippen molar-refractivity contribution in [2.45, 2.75) is 6.42 Å². The van der Waals surface area contributed by atoms with E-state index >= 15 is 0 Å². The van der Waals surface area contributed by atoms with E-state index in [2.05, 4.69) is 4.98 Å². The van der Waals surface area contributed by atoms with Gasteiger partial charge in [0.05, 0.1) is 18.8 Å². The van der Waals surface area contributed by atoms with Crippen LogP contribution < -0.4 is 0 Å². The van der Waals surface area contributed by atoms with E-state index in [0.29, 0.717) is 24.0 Å². The second-order valence-electron chi connectivity index (χ2n) is 3.80. The molecular formula is C11H10ClN3O2S. The van der Waals surface area contributed by atoms with E-state index in [9.17, 15) is 4.79 Å². The fourth-order valence-corrected chi connectivity index (χ4v) is 2.79. The summed E-state index contributed by atoms with van der Waals surface area (Å²) in [7, 11) is 0. The second-order valence-corrected chi connectivity index (χ2v) is 5.03. The van der Waals surface area contributed by atoms with Gasteiger partial charge in [-0.25, -0.2) is 10.0 Å². The number of nitrogens with zero attached hydrogens (tertiary/aromatic N) is 3. The molecule has 0 radical (unpaired) electrons. The molecular weight excluding hydrogens is 274 g/mol. The average Bonchev–Trinajstić information content (AvgIpc) is 3.02. The Balaban J connectivity index is 1.84. The molecule has 0 aliphatic carbocycles. The van der Waals surface area contributed by atoms with Crippen LogP contribution in [0.2, 0.25) is 5.15 Å². The molecule has 1 saturated heterocycles. The minimum Gasteiger partial charge on any atom is -0.289 e. The number of fused-ring (bicyclic) bond motifs is 1. The number of amides is 1. The third-order valence-electron chi connectivity index (χ3n) is 2.64. The number of halogens is 1. The molecule has 3 rings (SSSR count). The van der Waals surface area contributed by atoms with Crippen molar-refractivity contribution in [2.75, 3.05) is 13.2 Å². The number of rotatable bonds is 2. The number of thiazole rings is 1. The lowest BCUT2D eigenvalue weighted by atomic mass is 10.3. The molecule has 3 heterocycles. The Kier molecular flexibility index (Phi) is 3.07. The Hall–Kier alpha value is -1.37. The molecule has 7 heteroatoms. The minimum atomic E-state index is -0.172. The van der Waals surface area contributed by atoms with E-state index in [0.717, 1.165) is 11.4 Å². The lowest BCUT2D eigenvalue weighted by Gasteiger charge is -2.10. The van der Waals surface area contributed by atoms with Gasteiger partial charge in [-0.05, 0) is 12.5 Å². The minimum absolute atomic E-state index is 0.172. The van der Waals surface area contributed by atoms with Crippen molar-refractivity contribution in [2.24, 2.45) is 0 Å². The summed E-state index contributed by atoms with van der Waals surface area (Å²) in [6.07, 6.45) is 5.87. The van der Waals surface area contributed by atoms with Gasteiger partial charge in [-0.15, -0.1) is 11.3 Å². The predicted molar refractivity (Wildman–Crippen MR) is 69.4 cm³/mol. The lowest BCUT2D eigenvalue weighted by molar-refractivity contribution is -0.162. The van der Waals surface area contributed by atoms with Crippen molar-refractivity contribution in [3.05, 3.63) is 28.5 Å². The molecule has 0 aromatic carbocycles. The van der Waals surface area contributed by atoms with Crippen molar-refractivity contribution in [3.63, 3.8) is 0 Å². The van der Waals surface area contributed by atoms with Gasteiger partial charge in [0.25, 0.3) is 5.91 Å². The van der Waals surface area contributed by atoms with E-state index < -0.39 is 0 Å². The lowest BCUT2D eigenvalue weighted by Crippen LogP contribution is -2.24. The van der Waals surface area contributed by atoms with E-state index in [-0.39, 0.29) is 5.91 Å². The molecule has 94 valence electrons. The number of hydrogen-bond donors (Lipinski definition) is 0. The van der Waals surface area contributed by atoms with E-state index in [1.54, 1.807) is 6.08 Å². The van der Waals surface area contributed by atoms with Crippen molar-refractivity contribution < 1.29 is 9.63 Å². The molecule has 2 aromatic heterocycles. The Labute approximate surface area is 112 Å². The highest BCUT2D eigenvalue weighted by Crippen LogP contribution is 2.22. The zero-order valence-corrected chi connectivity index (χ0v) is 10.9. The summed E-state index contributed by atoms with van der Waals surface area (Å²) in [4.78, 5) is 21.9. The van der Waals surface area contributed by atoms with Crippen molar-refractivity contribution >= 4 is 39.9 Å². The first kappa shape index (κ1) is 11.7. The second kappa shape index (κ2) is 4.72. The first-order valence-corrected chi connectivity index (χ1v) is 6.75. The van der Waals surface area contributed by atoms with Gasteiger partial charge in [0.1, 0.15) is 0 Å². The smallest absolute Gasteiger partial charge is 0.270 e. The number of aromatic nitrogens is 2. The number of hydroxylamine groups is 2. The highest BCUT2D eigenvalue weighted by molar-refractivity contribution is 7.15.